The molecule has 2 aliphatic heterocycles. The van der Waals surface area contributed by atoms with E-state index >= 15 is 0 Å². The number of amides is 1. The van der Waals surface area contributed by atoms with Gasteiger partial charge in [0.15, 0.2) is 6.61 Å². The molecular formula is C24H27N3O2S. The van der Waals surface area contributed by atoms with Gasteiger partial charge in [-0.2, -0.15) is 0 Å². The first kappa shape index (κ1) is 19.5. The van der Waals surface area contributed by atoms with Crippen molar-refractivity contribution in [1.82, 2.24) is 14.8 Å². The number of aryl methyl sites for hydroxylation is 1. The highest BCUT2D eigenvalue weighted by Gasteiger charge is 2.47. The summed E-state index contributed by atoms with van der Waals surface area (Å²) in [5, 5.41) is 3.42. The van der Waals surface area contributed by atoms with Gasteiger partial charge in [-0.1, -0.05) is 30.3 Å². The van der Waals surface area contributed by atoms with Crippen molar-refractivity contribution in [3.63, 3.8) is 0 Å². The number of thiazole rings is 1. The molecule has 2 saturated heterocycles. The van der Waals surface area contributed by atoms with E-state index in [1.54, 1.807) is 11.3 Å². The predicted molar refractivity (Wildman–Crippen MR) is 120 cm³/mol. The van der Waals surface area contributed by atoms with Gasteiger partial charge in [-0.25, -0.2) is 4.98 Å². The van der Waals surface area contributed by atoms with E-state index in [4.69, 9.17) is 4.74 Å². The van der Waals surface area contributed by atoms with Gasteiger partial charge in [-0.15, -0.1) is 11.3 Å². The summed E-state index contributed by atoms with van der Waals surface area (Å²) in [4.78, 5) is 23.2. The lowest BCUT2D eigenvalue weighted by atomic mass is 9.77. The van der Waals surface area contributed by atoms with Gasteiger partial charge in [0, 0.05) is 42.8 Å². The second-order valence-corrected chi connectivity index (χ2v) is 9.78. The van der Waals surface area contributed by atoms with Crippen molar-refractivity contribution in [3.8, 4) is 5.75 Å². The number of hydrogen-bond acceptors (Lipinski definition) is 5. The monoisotopic (exact) mass is 421 g/mol. The van der Waals surface area contributed by atoms with Crippen molar-refractivity contribution in [2.24, 2.45) is 0 Å². The van der Waals surface area contributed by atoms with Crippen LogP contribution in [0.1, 0.15) is 29.1 Å². The topological polar surface area (TPSA) is 45.7 Å². The molecule has 1 amide bonds. The lowest BCUT2D eigenvalue weighted by molar-refractivity contribution is -0.142. The van der Waals surface area contributed by atoms with Crippen LogP contribution >= 0.6 is 11.3 Å². The molecule has 1 unspecified atom stereocenters. The van der Waals surface area contributed by atoms with Gasteiger partial charge in [-0.3, -0.25) is 9.69 Å². The van der Waals surface area contributed by atoms with Crippen LogP contribution in [0.4, 0.5) is 0 Å². The fourth-order valence-electron chi connectivity index (χ4n) is 4.78. The van der Waals surface area contributed by atoms with Gasteiger partial charge < -0.3 is 9.64 Å². The minimum Gasteiger partial charge on any atom is -0.484 e. The van der Waals surface area contributed by atoms with Crippen molar-refractivity contribution in [1.29, 1.82) is 0 Å². The summed E-state index contributed by atoms with van der Waals surface area (Å²) in [5.74, 6) is 0.835. The number of piperidine rings is 1. The molecule has 1 atom stereocenters. The zero-order valence-electron chi connectivity index (χ0n) is 17.3. The molecule has 1 spiro atoms. The number of rotatable bonds is 5. The summed E-state index contributed by atoms with van der Waals surface area (Å²) in [6.07, 6.45) is 5.38. The molecule has 5 nitrogen and oxygen atoms in total. The zero-order valence-corrected chi connectivity index (χ0v) is 18.2. The maximum absolute atomic E-state index is 12.9. The highest BCUT2D eigenvalue weighted by molar-refractivity contribution is 7.11. The number of fused-ring (bicyclic) bond motifs is 1. The fourth-order valence-corrected chi connectivity index (χ4v) is 5.59. The lowest BCUT2D eigenvalue weighted by Gasteiger charge is -2.57. The molecular weight excluding hydrogens is 394 g/mol. The number of ether oxygens (including phenoxy) is 1. The smallest absolute Gasteiger partial charge is 0.260 e. The van der Waals surface area contributed by atoms with Crippen molar-refractivity contribution in [3.05, 3.63) is 58.5 Å². The Kier molecular flexibility index (Phi) is 5.21. The first-order chi connectivity index (χ1) is 14.6. The SMILES string of the molecule is Cc1ncc(CN2CCC23CCCN(C(=O)COc2ccc4ccccc4c2)C3)s1. The second-order valence-electron chi connectivity index (χ2n) is 8.46. The molecule has 0 saturated carbocycles. The van der Waals surface area contributed by atoms with E-state index in [1.807, 2.05) is 41.4 Å². The van der Waals surface area contributed by atoms with Crippen LogP contribution in [0.15, 0.2) is 48.7 Å². The Morgan fingerprint density at radius 1 is 1.17 bits per heavy atom. The van der Waals surface area contributed by atoms with E-state index in [-0.39, 0.29) is 18.1 Å². The Bertz CT molecular complexity index is 1070. The number of aromatic nitrogens is 1. The maximum atomic E-state index is 12.9. The van der Waals surface area contributed by atoms with E-state index in [0.717, 1.165) is 48.7 Å². The normalized spacial score (nSPS) is 21.7. The minimum atomic E-state index is 0.0859. The van der Waals surface area contributed by atoms with E-state index < -0.39 is 0 Å². The molecule has 0 radical (unpaired) electrons. The Labute approximate surface area is 181 Å². The standard InChI is InChI=1S/C24H27N3O2S/c1-18-25-14-22(30-18)15-27-12-10-24(27)9-4-11-26(17-24)23(28)16-29-21-8-7-19-5-2-3-6-20(19)13-21/h2-3,5-8,13-14H,4,9-12,15-17H2,1H3. The summed E-state index contributed by atoms with van der Waals surface area (Å²) in [7, 11) is 0. The fraction of sp³-hybridized carbons (Fsp3) is 0.417. The third-order valence-corrected chi connectivity index (χ3v) is 7.42. The highest BCUT2D eigenvalue weighted by atomic mass is 32.1. The Morgan fingerprint density at radius 2 is 2.03 bits per heavy atom. The summed E-state index contributed by atoms with van der Waals surface area (Å²) in [6.45, 7) is 5.84. The third kappa shape index (κ3) is 3.82. The summed E-state index contributed by atoms with van der Waals surface area (Å²) in [6, 6.07) is 14.2. The van der Waals surface area contributed by atoms with E-state index in [9.17, 15) is 4.79 Å². The van der Waals surface area contributed by atoms with Crippen molar-refractivity contribution < 1.29 is 9.53 Å². The van der Waals surface area contributed by atoms with E-state index in [0.29, 0.717) is 0 Å². The largest absolute Gasteiger partial charge is 0.484 e. The number of carbonyl (C=O) groups is 1. The zero-order chi connectivity index (χ0) is 20.6. The van der Waals surface area contributed by atoms with Crippen LogP contribution in [0.5, 0.6) is 5.75 Å². The van der Waals surface area contributed by atoms with Gasteiger partial charge in [0.2, 0.25) is 0 Å². The molecule has 6 heteroatoms. The van der Waals surface area contributed by atoms with E-state index in [1.165, 1.54) is 23.1 Å². The van der Waals surface area contributed by atoms with Crippen LogP contribution in [0.25, 0.3) is 10.8 Å². The average Bonchev–Trinajstić information content (AvgIpc) is 3.20. The molecule has 3 heterocycles. The highest BCUT2D eigenvalue weighted by Crippen LogP contribution is 2.40. The Hall–Kier alpha value is -2.44. The van der Waals surface area contributed by atoms with Gasteiger partial charge in [0.25, 0.3) is 5.91 Å². The molecule has 156 valence electrons. The molecule has 2 aliphatic rings. The molecule has 0 bridgehead atoms. The van der Waals surface area contributed by atoms with Crippen molar-refractivity contribution in [2.45, 2.75) is 38.3 Å². The predicted octanol–water partition coefficient (Wildman–Crippen LogP) is 4.25. The van der Waals surface area contributed by atoms with Gasteiger partial charge in [0.1, 0.15) is 5.75 Å². The molecule has 30 heavy (non-hydrogen) atoms. The van der Waals surface area contributed by atoms with Crippen LogP contribution < -0.4 is 4.74 Å². The first-order valence-corrected chi connectivity index (χ1v) is 11.5. The van der Waals surface area contributed by atoms with E-state index in [2.05, 4.69) is 28.9 Å². The number of nitrogens with zero attached hydrogens (tertiary/aromatic N) is 3. The molecule has 2 aromatic carbocycles. The Morgan fingerprint density at radius 3 is 2.80 bits per heavy atom. The first-order valence-electron chi connectivity index (χ1n) is 10.7. The molecule has 0 aliphatic carbocycles. The molecule has 0 N–H and O–H groups in total. The summed E-state index contributed by atoms with van der Waals surface area (Å²) < 4.78 is 5.86. The number of hydrogen-bond donors (Lipinski definition) is 0. The van der Waals surface area contributed by atoms with Crippen molar-refractivity contribution in [2.75, 3.05) is 26.2 Å². The third-order valence-electron chi connectivity index (χ3n) is 6.53. The molecule has 5 rings (SSSR count). The summed E-state index contributed by atoms with van der Waals surface area (Å²) >= 11 is 1.77. The van der Waals surface area contributed by atoms with Crippen LogP contribution in [-0.2, 0) is 11.3 Å². The molecule has 3 aromatic rings. The average molecular weight is 422 g/mol. The quantitative estimate of drug-likeness (QED) is 0.618. The minimum absolute atomic E-state index is 0.0859. The van der Waals surface area contributed by atoms with Crippen molar-refractivity contribution >= 4 is 28.0 Å². The number of likely N-dealkylation sites (tertiary alicyclic amines) is 2. The summed E-state index contributed by atoms with van der Waals surface area (Å²) in [5.41, 5.74) is 0.134. The van der Waals surface area contributed by atoms with Crippen LogP contribution in [-0.4, -0.2) is 52.5 Å². The Balaban J connectivity index is 1.20. The second kappa shape index (κ2) is 8.00. The number of carbonyl (C=O) groups excluding carboxylic acids is 1. The molecule has 2 fully saturated rings. The van der Waals surface area contributed by atoms with Crippen LogP contribution in [0.3, 0.4) is 0 Å². The number of benzene rings is 2. The van der Waals surface area contributed by atoms with Crippen LogP contribution in [0.2, 0.25) is 0 Å². The van der Waals surface area contributed by atoms with Gasteiger partial charge >= 0.3 is 0 Å². The van der Waals surface area contributed by atoms with Gasteiger partial charge in [0.05, 0.1) is 5.01 Å². The van der Waals surface area contributed by atoms with Crippen LogP contribution in [0, 0.1) is 6.92 Å². The molecule has 1 aromatic heterocycles. The maximum Gasteiger partial charge on any atom is 0.260 e. The van der Waals surface area contributed by atoms with Gasteiger partial charge in [-0.05, 0) is 49.1 Å². The lowest BCUT2D eigenvalue weighted by Crippen LogP contribution is -2.67.